The molecule has 0 saturated heterocycles. The second-order valence-electron chi connectivity index (χ2n) is 4.99. The van der Waals surface area contributed by atoms with Crippen molar-refractivity contribution in [3.63, 3.8) is 0 Å². The van der Waals surface area contributed by atoms with Gasteiger partial charge in [0.1, 0.15) is 6.10 Å². The zero-order valence-electron chi connectivity index (χ0n) is 13.9. The molecule has 1 aromatic carbocycles. The minimum absolute atomic E-state index is 0.247. The largest absolute Gasteiger partial charge is 0.463 e. The number of thioether (sulfide) groups is 1. The van der Waals surface area contributed by atoms with Crippen LogP contribution in [-0.2, 0) is 19.1 Å². The molecule has 126 valence electrons. The molecule has 23 heavy (non-hydrogen) atoms. The van der Waals surface area contributed by atoms with Gasteiger partial charge in [-0.05, 0) is 38.5 Å². The molecule has 0 amide bonds. The molecule has 0 fully saturated rings. The van der Waals surface area contributed by atoms with Crippen LogP contribution in [0.15, 0.2) is 46.9 Å². The summed E-state index contributed by atoms with van der Waals surface area (Å²) < 4.78 is 10.4. The molecule has 0 radical (unpaired) electrons. The van der Waals surface area contributed by atoms with Crippen LogP contribution in [0.2, 0.25) is 0 Å². The van der Waals surface area contributed by atoms with Gasteiger partial charge in [-0.2, -0.15) is 0 Å². The van der Waals surface area contributed by atoms with Gasteiger partial charge in [0.05, 0.1) is 12.4 Å². The van der Waals surface area contributed by atoms with E-state index < -0.39 is 6.10 Å². The van der Waals surface area contributed by atoms with E-state index in [1.54, 1.807) is 19.9 Å². The third kappa shape index (κ3) is 7.88. The van der Waals surface area contributed by atoms with Crippen molar-refractivity contribution in [2.24, 2.45) is 0 Å². The molecular weight excluding hydrogens is 312 g/mol. The topological polar surface area (TPSA) is 52.6 Å². The van der Waals surface area contributed by atoms with Crippen LogP contribution in [0, 0.1) is 0 Å². The van der Waals surface area contributed by atoms with Gasteiger partial charge in [-0.3, -0.25) is 4.79 Å². The highest BCUT2D eigenvalue weighted by Crippen LogP contribution is 2.18. The van der Waals surface area contributed by atoms with Gasteiger partial charge >= 0.3 is 11.9 Å². The highest BCUT2D eigenvalue weighted by Gasteiger charge is 2.14. The molecule has 5 heteroatoms. The smallest absolute Gasteiger partial charge is 0.333 e. The number of benzene rings is 1. The molecule has 0 aromatic heterocycles. The molecule has 1 rings (SSSR count). The lowest BCUT2D eigenvalue weighted by molar-refractivity contribution is -0.144. The molecule has 0 spiro atoms. The van der Waals surface area contributed by atoms with Gasteiger partial charge in [0.15, 0.2) is 0 Å². The zero-order chi connectivity index (χ0) is 17.1. The highest BCUT2D eigenvalue weighted by molar-refractivity contribution is 8.00. The predicted molar refractivity (Wildman–Crippen MR) is 92.3 cm³/mol. The summed E-state index contributed by atoms with van der Waals surface area (Å²) in [6.45, 7) is 5.77. The fourth-order valence-corrected chi connectivity index (χ4v) is 2.62. The van der Waals surface area contributed by atoms with Crippen LogP contribution < -0.4 is 0 Å². The number of hydrogen-bond donors (Lipinski definition) is 0. The van der Waals surface area contributed by atoms with Crippen molar-refractivity contribution < 1.29 is 19.1 Å². The second-order valence-corrected chi connectivity index (χ2v) is 6.04. The Morgan fingerprint density at radius 1 is 1.22 bits per heavy atom. The summed E-state index contributed by atoms with van der Waals surface area (Å²) in [5.74, 6) is -0.412. The first-order valence-corrected chi connectivity index (χ1v) is 8.78. The first kappa shape index (κ1) is 19.3. The minimum atomic E-state index is -0.395. The van der Waals surface area contributed by atoms with Gasteiger partial charge in [-0.25, -0.2) is 4.79 Å². The Labute approximate surface area is 142 Å². The molecule has 0 aliphatic rings. The van der Waals surface area contributed by atoms with Crippen LogP contribution in [0.25, 0.3) is 0 Å². The van der Waals surface area contributed by atoms with Crippen molar-refractivity contribution in [3.05, 3.63) is 42.0 Å². The molecule has 0 bridgehead atoms. The lowest BCUT2D eigenvalue weighted by Crippen LogP contribution is -2.19. The molecular formula is C18H24O4S. The van der Waals surface area contributed by atoms with Gasteiger partial charge in [0.25, 0.3) is 0 Å². The summed E-state index contributed by atoms with van der Waals surface area (Å²) in [4.78, 5) is 24.7. The summed E-state index contributed by atoms with van der Waals surface area (Å²) in [5, 5.41) is 0. The number of carbonyl (C=O) groups is 2. The third-order valence-corrected chi connectivity index (χ3v) is 3.97. The van der Waals surface area contributed by atoms with E-state index >= 15 is 0 Å². The fraction of sp³-hybridized carbons (Fsp3) is 0.444. The summed E-state index contributed by atoms with van der Waals surface area (Å²) in [6, 6.07) is 9.69. The predicted octanol–water partition coefficient (Wildman–Crippen LogP) is 4.00. The zero-order valence-corrected chi connectivity index (χ0v) is 14.7. The van der Waals surface area contributed by atoms with Crippen LogP contribution in [0.4, 0.5) is 0 Å². The third-order valence-electron chi connectivity index (χ3n) is 2.99. The second kappa shape index (κ2) is 10.9. The Balaban J connectivity index is 2.55. The average molecular weight is 336 g/mol. The Morgan fingerprint density at radius 3 is 2.52 bits per heavy atom. The number of ether oxygens (including phenoxy) is 2. The van der Waals surface area contributed by atoms with E-state index in [0.29, 0.717) is 18.6 Å². The van der Waals surface area contributed by atoms with Gasteiger partial charge < -0.3 is 9.47 Å². The molecule has 4 nitrogen and oxygen atoms in total. The Hall–Kier alpha value is -1.75. The summed E-state index contributed by atoms with van der Waals surface area (Å²) in [5.41, 5.74) is 0.466. The van der Waals surface area contributed by atoms with Crippen LogP contribution in [-0.4, -0.2) is 30.4 Å². The molecule has 1 aromatic rings. The van der Waals surface area contributed by atoms with Crippen molar-refractivity contribution in [1.82, 2.24) is 0 Å². The lowest BCUT2D eigenvalue weighted by Gasteiger charge is -2.14. The number of esters is 2. The Kier molecular flexibility index (Phi) is 9.14. The summed E-state index contributed by atoms with van der Waals surface area (Å²) >= 11 is 1.44. The number of hydrogen-bond acceptors (Lipinski definition) is 5. The van der Waals surface area contributed by atoms with Gasteiger partial charge in [-0.15, -0.1) is 11.8 Å². The SMILES string of the molecule is CCC[C@H](/C=C(\C)C(=O)OCC)OC(=O)CSc1ccccc1. The summed E-state index contributed by atoms with van der Waals surface area (Å²) in [6.07, 6.45) is 2.81. The Bertz CT molecular complexity index is 525. The van der Waals surface area contributed by atoms with E-state index in [1.807, 2.05) is 37.3 Å². The van der Waals surface area contributed by atoms with Gasteiger partial charge in [0.2, 0.25) is 0 Å². The molecule has 0 N–H and O–H groups in total. The molecule has 0 saturated carbocycles. The maximum Gasteiger partial charge on any atom is 0.333 e. The van der Waals surface area contributed by atoms with Crippen LogP contribution in [0.5, 0.6) is 0 Å². The lowest BCUT2D eigenvalue weighted by atomic mass is 10.1. The number of rotatable bonds is 9. The van der Waals surface area contributed by atoms with E-state index in [1.165, 1.54) is 11.8 Å². The van der Waals surface area contributed by atoms with Crippen molar-refractivity contribution in [2.75, 3.05) is 12.4 Å². The summed E-state index contributed by atoms with van der Waals surface area (Å²) in [7, 11) is 0. The van der Waals surface area contributed by atoms with E-state index in [2.05, 4.69) is 0 Å². The van der Waals surface area contributed by atoms with Gasteiger partial charge in [-0.1, -0.05) is 31.5 Å². The minimum Gasteiger partial charge on any atom is -0.463 e. The number of carbonyl (C=O) groups excluding carboxylic acids is 2. The van der Waals surface area contributed by atoms with Crippen molar-refractivity contribution >= 4 is 23.7 Å². The van der Waals surface area contributed by atoms with Crippen molar-refractivity contribution in [1.29, 1.82) is 0 Å². The monoisotopic (exact) mass is 336 g/mol. The van der Waals surface area contributed by atoms with E-state index in [0.717, 1.165) is 11.3 Å². The van der Waals surface area contributed by atoms with E-state index in [-0.39, 0.29) is 17.7 Å². The maximum absolute atomic E-state index is 12.0. The van der Waals surface area contributed by atoms with Crippen molar-refractivity contribution in [3.8, 4) is 0 Å². The standard InChI is InChI=1S/C18H24O4S/c1-4-9-15(12-14(3)18(20)21-5-2)22-17(19)13-23-16-10-7-6-8-11-16/h6-8,10-12,15H,4-5,9,13H2,1-3H3/b14-12+/t15-/m1/s1. The molecule has 1 atom stereocenters. The van der Waals surface area contributed by atoms with Crippen LogP contribution >= 0.6 is 11.8 Å². The van der Waals surface area contributed by atoms with Crippen LogP contribution in [0.3, 0.4) is 0 Å². The van der Waals surface area contributed by atoms with Crippen LogP contribution in [0.1, 0.15) is 33.6 Å². The molecule has 0 heterocycles. The highest BCUT2D eigenvalue weighted by atomic mass is 32.2. The first-order chi connectivity index (χ1) is 11.1. The fourth-order valence-electron chi connectivity index (χ4n) is 1.91. The first-order valence-electron chi connectivity index (χ1n) is 7.79. The average Bonchev–Trinajstić information content (AvgIpc) is 2.54. The Morgan fingerprint density at radius 2 is 1.91 bits per heavy atom. The molecule has 0 unspecified atom stereocenters. The molecule has 0 aliphatic heterocycles. The van der Waals surface area contributed by atoms with Crippen molar-refractivity contribution in [2.45, 2.75) is 44.6 Å². The van der Waals surface area contributed by atoms with E-state index in [9.17, 15) is 9.59 Å². The van der Waals surface area contributed by atoms with Gasteiger partial charge in [0, 0.05) is 10.5 Å². The maximum atomic E-state index is 12.0. The van der Waals surface area contributed by atoms with E-state index in [4.69, 9.17) is 9.47 Å². The molecule has 0 aliphatic carbocycles. The normalized spacial score (nSPS) is 12.6. The quantitative estimate of drug-likeness (QED) is 0.387.